The fraction of sp³-hybridized carbons (Fsp3) is 0.571. The maximum absolute atomic E-state index is 3.11. The van der Waals surface area contributed by atoms with Gasteiger partial charge in [-0.25, -0.2) is 0 Å². The van der Waals surface area contributed by atoms with E-state index < -0.39 is 0 Å². The van der Waals surface area contributed by atoms with Gasteiger partial charge in [0, 0.05) is 0 Å². The Balaban J connectivity index is 0.000000810. The first-order valence-electron chi connectivity index (χ1n) is 3.27. The molecule has 0 unspecified atom stereocenters. The minimum absolute atomic E-state index is 0. The summed E-state index contributed by atoms with van der Waals surface area (Å²) in [4.78, 5) is 3.98. The van der Waals surface area contributed by atoms with Crippen LogP contribution in [0.25, 0.3) is 0 Å². The summed E-state index contributed by atoms with van der Waals surface area (Å²) in [6.07, 6.45) is 5.20. The SMILES string of the molecule is CCCN1[C+]N(C)C=C1.[Br-]. The second-order valence-corrected chi connectivity index (χ2v) is 2.20. The van der Waals surface area contributed by atoms with Gasteiger partial charge in [-0.1, -0.05) is 6.92 Å². The maximum atomic E-state index is 3.11. The monoisotopic (exact) mass is 203 g/mol. The Bertz CT molecular complexity index is 114. The molecule has 2 nitrogen and oxygen atoms in total. The Morgan fingerprint density at radius 3 is 2.50 bits per heavy atom. The average Bonchev–Trinajstić information content (AvgIpc) is 2.17. The first kappa shape index (κ1) is 9.69. The normalized spacial score (nSPS) is 15.0. The molecule has 1 heterocycles. The lowest BCUT2D eigenvalue weighted by molar-refractivity contribution is -0.00000199. The molecule has 0 atom stereocenters. The molecule has 0 fully saturated rings. The van der Waals surface area contributed by atoms with Gasteiger partial charge in [-0.2, -0.15) is 0 Å². The van der Waals surface area contributed by atoms with E-state index in [4.69, 9.17) is 0 Å². The quantitative estimate of drug-likeness (QED) is 0.485. The van der Waals surface area contributed by atoms with Crippen LogP contribution in [-0.2, 0) is 0 Å². The third-order valence-electron chi connectivity index (χ3n) is 1.22. The van der Waals surface area contributed by atoms with Crippen LogP contribution in [0.5, 0.6) is 0 Å². The molecule has 0 amide bonds. The third kappa shape index (κ3) is 2.52. The summed E-state index contributed by atoms with van der Waals surface area (Å²) in [6.45, 7) is 6.34. The predicted octanol–water partition coefficient (Wildman–Crippen LogP) is -1.88. The second-order valence-electron chi connectivity index (χ2n) is 2.20. The van der Waals surface area contributed by atoms with Crippen molar-refractivity contribution in [2.24, 2.45) is 0 Å². The minimum atomic E-state index is 0. The van der Waals surface area contributed by atoms with Crippen LogP contribution < -0.4 is 17.0 Å². The van der Waals surface area contributed by atoms with Gasteiger partial charge in [-0.15, -0.1) is 9.80 Å². The highest BCUT2D eigenvalue weighted by Gasteiger charge is 2.26. The van der Waals surface area contributed by atoms with E-state index in [-0.39, 0.29) is 17.0 Å². The molecular weight excluding hydrogens is 192 g/mol. The van der Waals surface area contributed by atoms with Crippen molar-refractivity contribution in [3.8, 4) is 0 Å². The first-order valence-corrected chi connectivity index (χ1v) is 3.27. The standard InChI is InChI=1S/C7H12N2.BrH/c1-3-4-9-6-5-8(2)7-9;/h5-6H,3-4H2,1-2H3;1H/q+1;/p-1. The number of halogens is 1. The largest absolute Gasteiger partial charge is 1.00 e. The van der Waals surface area contributed by atoms with Crippen molar-refractivity contribution in [1.29, 1.82) is 0 Å². The fourth-order valence-corrected chi connectivity index (χ4v) is 0.815. The Labute approximate surface area is 73.3 Å². The Hall–Kier alpha value is -0.310. The molecule has 0 bridgehead atoms. The lowest BCUT2D eigenvalue weighted by Crippen LogP contribution is -3.00. The van der Waals surface area contributed by atoms with Gasteiger partial charge in [0.05, 0.1) is 26.0 Å². The molecule has 1 rings (SSSR count). The second kappa shape index (κ2) is 4.50. The zero-order valence-corrected chi connectivity index (χ0v) is 7.93. The number of nitrogens with zero attached hydrogens (tertiary/aromatic N) is 2. The zero-order chi connectivity index (χ0) is 6.69. The third-order valence-corrected chi connectivity index (χ3v) is 1.22. The van der Waals surface area contributed by atoms with Crippen molar-refractivity contribution in [2.75, 3.05) is 13.6 Å². The van der Waals surface area contributed by atoms with Crippen LogP contribution in [-0.4, -0.2) is 23.4 Å². The van der Waals surface area contributed by atoms with Gasteiger partial charge in [0.1, 0.15) is 0 Å². The van der Waals surface area contributed by atoms with Gasteiger partial charge in [-0.3, -0.25) is 0 Å². The van der Waals surface area contributed by atoms with E-state index in [1.807, 2.05) is 24.3 Å². The Kier molecular flexibility index (Phi) is 4.36. The summed E-state index contributed by atoms with van der Waals surface area (Å²) in [7, 11) is 1.98. The highest BCUT2D eigenvalue weighted by Crippen LogP contribution is 2.07. The zero-order valence-electron chi connectivity index (χ0n) is 6.34. The summed E-state index contributed by atoms with van der Waals surface area (Å²) in [5.41, 5.74) is 0. The molecule has 0 saturated carbocycles. The van der Waals surface area contributed by atoms with Crippen LogP contribution in [0.1, 0.15) is 13.3 Å². The molecule has 10 heavy (non-hydrogen) atoms. The molecule has 0 spiro atoms. The van der Waals surface area contributed by atoms with E-state index in [2.05, 4.69) is 18.5 Å². The van der Waals surface area contributed by atoms with Crippen LogP contribution in [0.2, 0.25) is 0 Å². The van der Waals surface area contributed by atoms with E-state index in [9.17, 15) is 0 Å². The molecule has 1 aliphatic heterocycles. The van der Waals surface area contributed by atoms with Crippen molar-refractivity contribution in [2.45, 2.75) is 13.3 Å². The summed E-state index contributed by atoms with van der Waals surface area (Å²) >= 11 is 0. The smallest absolute Gasteiger partial charge is 0.564 e. The van der Waals surface area contributed by atoms with Crippen LogP contribution in [0.3, 0.4) is 0 Å². The Morgan fingerprint density at radius 1 is 1.40 bits per heavy atom. The first-order chi connectivity index (χ1) is 4.33. The van der Waals surface area contributed by atoms with Crippen LogP contribution >= 0.6 is 0 Å². The minimum Gasteiger partial charge on any atom is -1.00 e. The summed E-state index contributed by atoms with van der Waals surface area (Å²) in [5, 5.41) is 0. The number of rotatable bonds is 2. The lowest BCUT2D eigenvalue weighted by Gasteiger charge is -1.96. The van der Waals surface area contributed by atoms with Crippen molar-refractivity contribution in [3.63, 3.8) is 0 Å². The summed E-state index contributed by atoms with van der Waals surface area (Å²) in [5.74, 6) is 0. The fourth-order valence-electron chi connectivity index (χ4n) is 0.815. The van der Waals surface area contributed by atoms with Gasteiger partial charge in [0.2, 0.25) is 0 Å². The number of hydrogen-bond donors (Lipinski definition) is 0. The van der Waals surface area contributed by atoms with E-state index >= 15 is 0 Å². The van der Waals surface area contributed by atoms with Crippen LogP contribution in [0, 0.1) is 6.67 Å². The topological polar surface area (TPSA) is 6.48 Å². The highest BCUT2D eigenvalue weighted by molar-refractivity contribution is 4.94. The van der Waals surface area contributed by atoms with Crippen molar-refractivity contribution < 1.29 is 17.0 Å². The van der Waals surface area contributed by atoms with Gasteiger partial charge >= 0.3 is 6.67 Å². The Morgan fingerprint density at radius 2 is 2.10 bits per heavy atom. The van der Waals surface area contributed by atoms with Crippen LogP contribution in [0.15, 0.2) is 12.4 Å². The van der Waals surface area contributed by atoms with Gasteiger partial charge < -0.3 is 17.0 Å². The molecule has 0 aromatic rings. The molecule has 1 radical (unpaired) electrons. The molecule has 0 saturated heterocycles. The molecule has 0 aliphatic carbocycles. The van der Waals surface area contributed by atoms with Crippen molar-refractivity contribution in [3.05, 3.63) is 19.1 Å². The molecule has 0 aromatic heterocycles. The number of hydrogen-bond acceptors (Lipinski definition) is 2. The van der Waals surface area contributed by atoms with Gasteiger partial charge in [0.25, 0.3) is 0 Å². The van der Waals surface area contributed by atoms with E-state index in [0.717, 1.165) is 6.54 Å². The van der Waals surface area contributed by atoms with E-state index in [0.29, 0.717) is 0 Å². The van der Waals surface area contributed by atoms with Gasteiger partial charge in [0.15, 0.2) is 0 Å². The maximum Gasteiger partial charge on any atom is 0.564 e. The molecular formula is C7H12BrN2. The molecule has 3 heteroatoms. The van der Waals surface area contributed by atoms with Gasteiger partial charge in [-0.05, 0) is 6.42 Å². The summed E-state index contributed by atoms with van der Waals surface area (Å²) < 4.78 is 0. The highest BCUT2D eigenvalue weighted by atomic mass is 79.9. The predicted molar refractivity (Wildman–Crippen MR) is 37.1 cm³/mol. The summed E-state index contributed by atoms with van der Waals surface area (Å²) in [6, 6.07) is 0. The average molecular weight is 204 g/mol. The van der Waals surface area contributed by atoms with Crippen molar-refractivity contribution >= 4 is 0 Å². The van der Waals surface area contributed by atoms with E-state index in [1.54, 1.807) is 0 Å². The molecule has 57 valence electrons. The van der Waals surface area contributed by atoms with E-state index in [1.165, 1.54) is 6.42 Å². The van der Waals surface area contributed by atoms with Crippen LogP contribution in [0.4, 0.5) is 0 Å². The molecule has 0 N–H and O–H groups in total. The van der Waals surface area contributed by atoms with Crippen molar-refractivity contribution in [1.82, 2.24) is 9.80 Å². The molecule has 1 aliphatic rings. The lowest BCUT2D eigenvalue weighted by atomic mass is 10.4. The molecule has 0 aromatic carbocycles.